The fourth-order valence-electron chi connectivity index (χ4n) is 3.92. The van der Waals surface area contributed by atoms with Crippen LogP contribution < -0.4 is 14.8 Å². The molecule has 1 saturated carbocycles. The van der Waals surface area contributed by atoms with E-state index in [0.29, 0.717) is 24.8 Å². The van der Waals surface area contributed by atoms with E-state index < -0.39 is 10.0 Å². The standard InChI is InChI=1S/C25H33N3O5S/c1-28(22-11-14-32-15-12-22)13-16-33-23-4-2-3-19(17-23)18-26-25(29)20-5-9-24(10-6-20)34(30,31)27-21-7-8-21/h2-6,9-10,17,21-22,27H,7-8,11-16,18H2,1H3,(H,26,29). The maximum absolute atomic E-state index is 12.5. The minimum absolute atomic E-state index is 0.0422. The zero-order valence-corrected chi connectivity index (χ0v) is 20.4. The van der Waals surface area contributed by atoms with Gasteiger partial charge in [0, 0.05) is 44.0 Å². The highest BCUT2D eigenvalue weighted by Gasteiger charge is 2.28. The summed E-state index contributed by atoms with van der Waals surface area (Å²) >= 11 is 0. The fourth-order valence-corrected chi connectivity index (χ4v) is 5.22. The second kappa shape index (κ2) is 11.3. The Morgan fingerprint density at radius 1 is 1.09 bits per heavy atom. The summed E-state index contributed by atoms with van der Waals surface area (Å²) in [5.74, 6) is 0.508. The lowest BCUT2D eigenvalue weighted by Gasteiger charge is -2.31. The van der Waals surface area contributed by atoms with Gasteiger partial charge in [0.15, 0.2) is 0 Å². The zero-order chi connectivity index (χ0) is 24.0. The lowest BCUT2D eigenvalue weighted by molar-refractivity contribution is 0.0392. The molecular formula is C25H33N3O5S. The molecule has 34 heavy (non-hydrogen) atoms. The van der Waals surface area contributed by atoms with Gasteiger partial charge in [0.05, 0.1) is 4.90 Å². The van der Waals surface area contributed by atoms with Crippen molar-refractivity contribution in [1.82, 2.24) is 14.9 Å². The highest BCUT2D eigenvalue weighted by atomic mass is 32.2. The van der Waals surface area contributed by atoms with Crippen molar-refractivity contribution in [2.24, 2.45) is 0 Å². The Hall–Kier alpha value is -2.46. The summed E-state index contributed by atoms with van der Waals surface area (Å²) in [6, 6.07) is 14.3. The molecule has 2 N–H and O–H groups in total. The highest BCUT2D eigenvalue weighted by molar-refractivity contribution is 7.89. The van der Waals surface area contributed by atoms with Crippen molar-refractivity contribution in [3.05, 3.63) is 59.7 Å². The average Bonchev–Trinajstić information content (AvgIpc) is 3.67. The minimum Gasteiger partial charge on any atom is -0.492 e. The number of hydrogen-bond acceptors (Lipinski definition) is 6. The summed E-state index contributed by atoms with van der Waals surface area (Å²) in [5.41, 5.74) is 1.34. The van der Waals surface area contributed by atoms with Crippen molar-refractivity contribution in [3.8, 4) is 5.75 Å². The molecule has 0 unspecified atom stereocenters. The van der Waals surface area contributed by atoms with Crippen LogP contribution in [0.3, 0.4) is 0 Å². The molecule has 1 aliphatic heterocycles. The van der Waals surface area contributed by atoms with Crippen LogP contribution in [0, 0.1) is 0 Å². The molecule has 1 saturated heterocycles. The summed E-state index contributed by atoms with van der Waals surface area (Å²) in [4.78, 5) is 15.0. The van der Waals surface area contributed by atoms with Crippen LogP contribution in [-0.4, -0.2) is 64.7 Å². The molecule has 4 rings (SSSR count). The molecule has 1 amide bonds. The van der Waals surface area contributed by atoms with Gasteiger partial charge in [-0.25, -0.2) is 13.1 Å². The van der Waals surface area contributed by atoms with Gasteiger partial charge in [0.2, 0.25) is 10.0 Å². The Morgan fingerprint density at radius 2 is 1.82 bits per heavy atom. The van der Waals surface area contributed by atoms with Crippen LogP contribution >= 0.6 is 0 Å². The minimum atomic E-state index is -3.52. The number of likely N-dealkylation sites (N-methyl/N-ethyl adjacent to an activating group) is 1. The Bertz CT molecular complexity index is 1060. The summed E-state index contributed by atoms with van der Waals surface area (Å²) in [6.45, 7) is 3.43. The van der Waals surface area contributed by atoms with Crippen LogP contribution in [0.4, 0.5) is 0 Å². The molecule has 2 aliphatic rings. The molecule has 184 valence electrons. The summed E-state index contributed by atoms with van der Waals surface area (Å²) < 4.78 is 38.5. The van der Waals surface area contributed by atoms with Crippen LogP contribution in [-0.2, 0) is 21.3 Å². The van der Waals surface area contributed by atoms with E-state index in [-0.39, 0.29) is 16.8 Å². The summed E-state index contributed by atoms with van der Waals surface area (Å²) in [6.07, 6.45) is 3.86. The van der Waals surface area contributed by atoms with Gasteiger partial charge >= 0.3 is 0 Å². The first kappa shape index (κ1) is 24.7. The van der Waals surface area contributed by atoms with Gasteiger partial charge in [-0.1, -0.05) is 12.1 Å². The van der Waals surface area contributed by atoms with E-state index in [1.807, 2.05) is 24.3 Å². The van der Waals surface area contributed by atoms with Crippen molar-refractivity contribution in [1.29, 1.82) is 0 Å². The van der Waals surface area contributed by atoms with Crippen molar-refractivity contribution in [2.45, 2.75) is 49.2 Å². The fraction of sp³-hybridized carbons (Fsp3) is 0.480. The van der Waals surface area contributed by atoms with E-state index in [0.717, 1.165) is 56.8 Å². The third kappa shape index (κ3) is 7.02. The number of hydrogen-bond donors (Lipinski definition) is 2. The van der Waals surface area contributed by atoms with Crippen LogP contribution in [0.25, 0.3) is 0 Å². The third-order valence-corrected chi connectivity index (χ3v) is 7.74. The number of nitrogens with one attached hydrogen (secondary N) is 2. The maximum atomic E-state index is 12.5. The second-order valence-corrected chi connectivity index (χ2v) is 10.6. The summed E-state index contributed by atoms with van der Waals surface area (Å²) in [5, 5.41) is 2.88. The molecule has 0 bridgehead atoms. The topological polar surface area (TPSA) is 97.0 Å². The van der Waals surface area contributed by atoms with Gasteiger partial charge in [-0.15, -0.1) is 0 Å². The predicted octanol–water partition coefficient (Wildman–Crippen LogP) is 2.55. The van der Waals surface area contributed by atoms with Crippen molar-refractivity contribution in [3.63, 3.8) is 0 Å². The van der Waals surface area contributed by atoms with Gasteiger partial charge in [-0.3, -0.25) is 9.69 Å². The number of nitrogens with zero attached hydrogens (tertiary/aromatic N) is 1. The van der Waals surface area contributed by atoms with E-state index in [9.17, 15) is 13.2 Å². The molecule has 2 aromatic carbocycles. The van der Waals surface area contributed by atoms with E-state index in [1.165, 1.54) is 24.3 Å². The molecule has 1 aliphatic carbocycles. The van der Waals surface area contributed by atoms with Crippen molar-refractivity contribution < 1.29 is 22.7 Å². The number of rotatable bonds is 11. The molecule has 1 heterocycles. The first-order valence-corrected chi connectivity index (χ1v) is 13.3. The predicted molar refractivity (Wildman–Crippen MR) is 129 cm³/mol. The van der Waals surface area contributed by atoms with E-state index >= 15 is 0 Å². The number of carbonyl (C=O) groups is 1. The number of sulfonamides is 1. The van der Waals surface area contributed by atoms with Crippen LogP contribution in [0.2, 0.25) is 0 Å². The Morgan fingerprint density at radius 3 is 2.53 bits per heavy atom. The summed E-state index contributed by atoms with van der Waals surface area (Å²) in [7, 11) is -1.40. The van der Waals surface area contributed by atoms with Crippen LogP contribution in [0.5, 0.6) is 5.75 Å². The molecule has 0 radical (unpaired) electrons. The van der Waals surface area contributed by atoms with E-state index in [1.54, 1.807) is 0 Å². The van der Waals surface area contributed by atoms with Crippen molar-refractivity contribution >= 4 is 15.9 Å². The first-order chi connectivity index (χ1) is 16.4. The molecule has 2 fully saturated rings. The largest absolute Gasteiger partial charge is 0.492 e. The SMILES string of the molecule is CN(CCOc1cccc(CNC(=O)c2ccc(S(=O)(=O)NC3CC3)cc2)c1)C1CCOCC1. The maximum Gasteiger partial charge on any atom is 0.251 e. The van der Waals surface area contributed by atoms with Gasteiger partial charge in [0.1, 0.15) is 12.4 Å². The van der Waals surface area contributed by atoms with Gasteiger partial charge in [-0.2, -0.15) is 0 Å². The molecule has 0 spiro atoms. The lowest BCUT2D eigenvalue weighted by Crippen LogP contribution is -2.38. The molecule has 0 aromatic heterocycles. The van der Waals surface area contributed by atoms with E-state index in [4.69, 9.17) is 9.47 Å². The van der Waals surface area contributed by atoms with E-state index in [2.05, 4.69) is 22.0 Å². The highest BCUT2D eigenvalue weighted by Crippen LogP contribution is 2.22. The third-order valence-electron chi connectivity index (χ3n) is 6.20. The number of benzene rings is 2. The molecule has 2 aromatic rings. The van der Waals surface area contributed by atoms with Crippen molar-refractivity contribution in [2.75, 3.05) is 33.4 Å². The zero-order valence-electron chi connectivity index (χ0n) is 19.5. The van der Waals surface area contributed by atoms with Gasteiger partial charge in [0.25, 0.3) is 5.91 Å². The Balaban J connectivity index is 1.24. The molecule has 8 nitrogen and oxygen atoms in total. The molecule has 0 atom stereocenters. The first-order valence-electron chi connectivity index (χ1n) is 11.8. The number of amides is 1. The Kier molecular flexibility index (Phi) is 8.20. The average molecular weight is 488 g/mol. The number of carbonyl (C=O) groups excluding carboxylic acids is 1. The molecular weight excluding hydrogens is 454 g/mol. The second-order valence-electron chi connectivity index (χ2n) is 8.92. The van der Waals surface area contributed by atoms with Crippen LogP contribution in [0.1, 0.15) is 41.6 Å². The van der Waals surface area contributed by atoms with Gasteiger partial charge in [-0.05, 0) is 74.7 Å². The Labute approximate surface area is 201 Å². The number of ether oxygens (including phenoxy) is 2. The quantitative estimate of drug-likeness (QED) is 0.506. The molecule has 9 heteroatoms. The smallest absolute Gasteiger partial charge is 0.251 e. The van der Waals surface area contributed by atoms with Crippen LogP contribution in [0.15, 0.2) is 53.4 Å². The monoisotopic (exact) mass is 487 g/mol. The lowest BCUT2D eigenvalue weighted by atomic mass is 10.1. The van der Waals surface area contributed by atoms with Gasteiger partial charge < -0.3 is 14.8 Å². The normalized spacial score (nSPS) is 17.0.